The predicted octanol–water partition coefficient (Wildman–Crippen LogP) is 0.512. The largest absolute Gasteiger partial charge is 0.384 e. The summed E-state index contributed by atoms with van der Waals surface area (Å²) < 4.78 is 5.20. The van der Waals surface area contributed by atoms with Gasteiger partial charge < -0.3 is 20.7 Å². The Morgan fingerprint density at radius 2 is 2.16 bits per heavy atom. The van der Waals surface area contributed by atoms with Crippen LogP contribution in [-0.2, 0) is 11.3 Å². The summed E-state index contributed by atoms with van der Waals surface area (Å²) in [5.74, 6) is 0.0290. The van der Waals surface area contributed by atoms with Crippen molar-refractivity contribution in [3.63, 3.8) is 0 Å². The van der Waals surface area contributed by atoms with Gasteiger partial charge in [0.15, 0.2) is 0 Å². The van der Waals surface area contributed by atoms with Gasteiger partial charge >= 0.3 is 6.03 Å². The molecule has 0 saturated carbocycles. The second-order valence-corrected chi connectivity index (χ2v) is 4.37. The van der Waals surface area contributed by atoms with Gasteiger partial charge in [-0.3, -0.25) is 5.41 Å². The first-order chi connectivity index (χ1) is 9.16. The van der Waals surface area contributed by atoms with Crippen LogP contribution < -0.4 is 11.1 Å². The van der Waals surface area contributed by atoms with E-state index in [0.717, 1.165) is 5.56 Å². The second-order valence-electron chi connectivity index (χ2n) is 4.37. The van der Waals surface area contributed by atoms with Crippen LogP contribution in [0.4, 0.5) is 4.79 Å². The predicted molar refractivity (Wildman–Crippen MR) is 72.1 cm³/mol. The molecule has 6 nitrogen and oxygen atoms in total. The van der Waals surface area contributed by atoms with E-state index >= 15 is 0 Å². The summed E-state index contributed by atoms with van der Waals surface area (Å²) >= 11 is 0. The number of nitrogens with two attached hydrogens (primary N) is 1. The average molecular weight is 262 g/mol. The highest BCUT2D eigenvalue weighted by atomic mass is 16.5. The topological polar surface area (TPSA) is 91.4 Å². The van der Waals surface area contributed by atoms with Gasteiger partial charge in [-0.05, 0) is 11.6 Å². The summed E-state index contributed by atoms with van der Waals surface area (Å²) in [7, 11) is 0. The molecule has 1 aliphatic rings. The molecule has 0 aromatic heterocycles. The van der Waals surface area contributed by atoms with Crippen molar-refractivity contribution >= 4 is 11.9 Å². The lowest BCUT2D eigenvalue weighted by atomic mass is 10.1. The number of nitrogens with one attached hydrogen (secondary N) is 2. The van der Waals surface area contributed by atoms with Crippen molar-refractivity contribution in [2.45, 2.75) is 6.54 Å². The van der Waals surface area contributed by atoms with Crippen molar-refractivity contribution in [1.29, 1.82) is 5.41 Å². The number of urea groups is 1. The van der Waals surface area contributed by atoms with Crippen LogP contribution in [0.3, 0.4) is 0 Å². The van der Waals surface area contributed by atoms with Gasteiger partial charge in [0.1, 0.15) is 5.84 Å². The third-order valence-electron chi connectivity index (χ3n) is 2.98. The molecule has 1 aromatic carbocycles. The molecule has 0 radical (unpaired) electrons. The van der Waals surface area contributed by atoms with E-state index in [0.29, 0.717) is 38.4 Å². The molecular weight excluding hydrogens is 244 g/mol. The summed E-state index contributed by atoms with van der Waals surface area (Å²) in [5, 5.41) is 10.2. The van der Waals surface area contributed by atoms with Gasteiger partial charge in [0, 0.05) is 25.2 Å². The highest BCUT2D eigenvalue weighted by molar-refractivity contribution is 5.95. The lowest BCUT2D eigenvalue weighted by Gasteiger charge is -2.26. The molecule has 2 amide bonds. The van der Waals surface area contributed by atoms with Crippen LogP contribution in [0.25, 0.3) is 0 Å². The van der Waals surface area contributed by atoms with Crippen LogP contribution in [0.5, 0.6) is 0 Å². The quantitative estimate of drug-likeness (QED) is 0.547. The molecule has 1 saturated heterocycles. The Kier molecular flexibility index (Phi) is 4.35. The molecule has 0 unspecified atom stereocenters. The molecule has 0 spiro atoms. The van der Waals surface area contributed by atoms with Crippen molar-refractivity contribution in [1.82, 2.24) is 10.2 Å². The Morgan fingerprint density at radius 1 is 1.42 bits per heavy atom. The number of benzene rings is 1. The minimum Gasteiger partial charge on any atom is -0.384 e. The van der Waals surface area contributed by atoms with Crippen molar-refractivity contribution in [3.8, 4) is 0 Å². The smallest absolute Gasteiger partial charge is 0.317 e. The van der Waals surface area contributed by atoms with E-state index in [4.69, 9.17) is 15.9 Å². The van der Waals surface area contributed by atoms with Gasteiger partial charge in [-0.2, -0.15) is 0 Å². The standard InChI is InChI=1S/C13H18N4O2/c14-12(15)11-3-1-2-10(8-11)9-16-13(18)17-4-6-19-7-5-17/h1-3,8H,4-7,9H2,(H3,14,15)(H,16,18). The molecule has 0 atom stereocenters. The van der Waals surface area contributed by atoms with Gasteiger partial charge in [0.25, 0.3) is 0 Å². The molecule has 0 aliphatic carbocycles. The maximum absolute atomic E-state index is 11.9. The van der Waals surface area contributed by atoms with E-state index < -0.39 is 0 Å². The molecular formula is C13H18N4O2. The van der Waals surface area contributed by atoms with E-state index in [9.17, 15) is 4.79 Å². The van der Waals surface area contributed by atoms with Gasteiger partial charge in [-0.25, -0.2) is 4.79 Å². The fourth-order valence-electron chi connectivity index (χ4n) is 1.90. The summed E-state index contributed by atoms with van der Waals surface area (Å²) in [6.07, 6.45) is 0. The Bertz CT molecular complexity index is 469. The van der Waals surface area contributed by atoms with Gasteiger partial charge in [-0.1, -0.05) is 18.2 Å². The minimum atomic E-state index is -0.0865. The molecule has 4 N–H and O–H groups in total. The zero-order valence-corrected chi connectivity index (χ0v) is 10.7. The highest BCUT2D eigenvalue weighted by Gasteiger charge is 2.15. The first-order valence-corrected chi connectivity index (χ1v) is 6.20. The lowest BCUT2D eigenvalue weighted by molar-refractivity contribution is 0.0531. The summed E-state index contributed by atoms with van der Waals surface area (Å²) in [6, 6.07) is 7.22. The number of carbonyl (C=O) groups is 1. The van der Waals surface area contributed by atoms with E-state index in [1.54, 1.807) is 11.0 Å². The Labute approximate surface area is 112 Å². The molecule has 1 aliphatic heterocycles. The van der Waals surface area contributed by atoms with E-state index in [2.05, 4.69) is 5.32 Å². The molecule has 102 valence electrons. The highest BCUT2D eigenvalue weighted by Crippen LogP contribution is 2.05. The number of carbonyl (C=O) groups excluding carboxylic acids is 1. The minimum absolute atomic E-state index is 0.0290. The number of hydrogen-bond acceptors (Lipinski definition) is 3. The van der Waals surface area contributed by atoms with Crippen molar-refractivity contribution in [3.05, 3.63) is 35.4 Å². The van der Waals surface area contributed by atoms with Crippen molar-refractivity contribution in [2.24, 2.45) is 5.73 Å². The number of hydrogen-bond donors (Lipinski definition) is 3. The SMILES string of the molecule is N=C(N)c1cccc(CNC(=O)N2CCOCC2)c1. The van der Waals surface area contributed by atoms with Crippen LogP contribution in [0.15, 0.2) is 24.3 Å². The van der Waals surface area contributed by atoms with Crippen LogP contribution in [0.1, 0.15) is 11.1 Å². The first kappa shape index (κ1) is 13.4. The van der Waals surface area contributed by atoms with Crippen LogP contribution in [0, 0.1) is 5.41 Å². The number of rotatable bonds is 3. The van der Waals surface area contributed by atoms with Crippen molar-refractivity contribution < 1.29 is 9.53 Å². The Balaban J connectivity index is 1.89. The number of ether oxygens (including phenoxy) is 1. The normalized spacial score (nSPS) is 15.1. The van der Waals surface area contributed by atoms with Gasteiger partial charge in [0.2, 0.25) is 0 Å². The van der Waals surface area contributed by atoms with Gasteiger partial charge in [0.05, 0.1) is 13.2 Å². The van der Waals surface area contributed by atoms with Gasteiger partial charge in [-0.15, -0.1) is 0 Å². The van der Waals surface area contributed by atoms with Crippen LogP contribution in [-0.4, -0.2) is 43.1 Å². The molecule has 1 fully saturated rings. The van der Waals surface area contributed by atoms with Crippen molar-refractivity contribution in [2.75, 3.05) is 26.3 Å². The fraction of sp³-hybridized carbons (Fsp3) is 0.385. The maximum atomic E-state index is 11.9. The third-order valence-corrected chi connectivity index (χ3v) is 2.98. The number of morpholine rings is 1. The lowest BCUT2D eigenvalue weighted by Crippen LogP contribution is -2.45. The van der Waals surface area contributed by atoms with E-state index in [1.165, 1.54) is 0 Å². The molecule has 1 aromatic rings. The second kappa shape index (κ2) is 6.19. The Morgan fingerprint density at radius 3 is 2.84 bits per heavy atom. The number of amidine groups is 1. The summed E-state index contributed by atoms with van der Waals surface area (Å²) in [6.45, 7) is 2.86. The van der Waals surface area contributed by atoms with Crippen LogP contribution >= 0.6 is 0 Å². The van der Waals surface area contributed by atoms with E-state index in [-0.39, 0.29) is 11.9 Å². The number of nitrogens with zero attached hydrogens (tertiary/aromatic N) is 1. The Hall–Kier alpha value is -2.08. The molecule has 6 heteroatoms. The van der Waals surface area contributed by atoms with E-state index in [1.807, 2.05) is 18.2 Å². The molecule has 1 heterocycles. The number of nitrogen functional groups attached to an aromatic ring is 1. The van der Waals surface area contributed by atoms with Crippen LogP contribution in [0.2, 0.25) is 0 Å². The molecule has 2 rings (SSSR count). The monoisotopic (exact) mass is 262 g/mol. The average Bonchev–Trinajstić information content (AvgIpc) is 2.46. The number of amides is 2. The first-order valence-electron chi connectivity index (χ1n) is 6.20. The summed E-state index contributed by atoms with van der Waals surface area (Å²) in [5.41, 5.74) is 7.02. The maximum Gasteiger partial charge on any atom is 0.317 e. The fourth-order valence-corrected chi connectivity index (χ4v) is 1.90. The molecule has 19 heavy (non-hydrogen) atoms. The third kappa shape index (κ3) is 3.69. The zero-order chi connectivity index (χ0) is 13.7. The molecule has 0 bridgehead atoms. The zero-order valence-electron chi connectivity index (χ0n) is 10.7. The summed E-state index contributed by atoms with van der Waals surface area (Å²) in [4.78, 5) is 13.6.